The van der Waals surface area contributed by atoms with E-state index in [0.717, 1.165) is 4.90 Å². The minimum absolute atomic E-state index is 0.254. The first-order chi connectivity index (χ1) is 8.18. The normalized spacial score (nSPS) is 9.94. The number of carbonyl (C=O) groups is 1. The molecule has 0 fully saturated rings. The maximum Gasteiger partial charge on any atom is 0.416 e. The summed E-state index contributed by atoms with van der Waals surface area (Å²) in [6.07, 6.45) is 0.398. The zero-order valence-corrected chi connectivity index (χ0v) is 9.50. The van der Waals surface area contributed by atoms with Crippen molar-refractivity contribution in [1.29, 1.82) is 0 Å². The Balaban J connectivity index is 2.47. The van der Waals surface area contributed by atoms with Crippen molar-refractivity contribution in [2.45, 2.75) is 0 Å². The van der Waals surface area contributed by atoms with Crippen LogP contribution in [0.1, 0.15) is 0 Å². The van der Waals surface area contributed by atoms with Gasteiger partial charge >= 0.3 is 6.09 Å². The lowest BCUT2D eigenvalue weighted by Gasteiger charge is -2.19. The fourth-order valence-electron chi connectivity index (χ4n) is 1.48. The highest BCUT2D eigenvalue weighted by molar-refractivity contribution is 6.29. The maximum absolute atomic E-state index is 11.3. The zero-order valence-electron chi connectivity index (χ0n) is 8.75. The molecule has 0 saturated carbocycles. The molecule has 5 heteroatoms. The Morgan fingerprint density at radius 3 is 2.47 bits per heavy atom. The second-order valence-corrected chi connectivity index (χ2v) is 3.68. The topological polar surface area (TPSA) is 53.4 Å². The van der Waals surface area contributed by atoms with Crippen LogP contribution in [-0.4, -0.2) is 16.2 Å². The van der Waals surface area contributed by atoms with Crippen LogP contribution >= 0.6 is 11.6 Å². The van der Waals surface area contributed by atoms with Gasteiger partial charge in [-0.05, 0) is 24.3 Å². The number of anilines is 2. The number of rotatable bonds is 2. The minimum Gasteiger partial charge on any atom is -0.464 e. The molecule has 4 nitrogen and oxygen atoms in total. The molecule has 1 aromatic heterocycles. The van der Waals surface area contributed by atoms with Gasteiger partial charge in [-0.2, -0.15) is 0 Å². The maximum atomic E-state index is 11.3. The number of nitrogens with zero attached hydrogens (tertiary/aromatic N) is 2. The van der Waals surface area contributed by atoms with E-state index in [9.17, 15) is 9.90 Å². The molecule has 0 atom stereocenters. The summed E-state index contributed by atoms with van der Waals surface area (Å²) >= 11 is 5.75. The van der Waals surface area contributed by atoms with E-state index in [1.165, 1.54) is 12.3 Å². The Morgan fingerprint density at radius 1 is 1.18 bits per heavy atom. The van der Waals surface area contributed by atoms with Gasteiger partial charge in [-0.3, -0.25) is 0 Å². The molecule has 0 aliphatic carbocycles. The quantitative estimate of drug-likeness (QED) is 0.827. The van der Waals surface area contributed by atoms with Gasteiger partial charge in [-0.15, -0.1) is 0 Å². The number of hydrogen-bond acceptors (Lipinski definition) is 2. The zero-order chi connectivity index (χ0) is 12.3. The Labute approximate surface area is 103 Å². The number of hydrogen-bond donors (Lipinski definition) is 1. The van der Waals surface area contributed by atoms with E-state index >= 15 is 0 Å². The minimum atomic E-state index is -1.07. The second kappa shape index (κ2) is 4.84. The summed E-state index contributed by atoms with van der Waals surface area (Å²) in [5, 5.41) is 9.49. The molecule has 1 heterocycles. The average molecular weight is 249 g/mol. The molecule has 17 heavy (non-hydrogen) atoms. The predicted octanol–water partition coefficient (Wildman–Crippen LogP) is 3.55. The van der Waals surface area contributed by atoms with E-state index < -0.39 is 6.09 Å². The summed E-state index contributed by atoms with van der Waals surface area (Å²) in [5.41, 5.74) is 1.02. The second-order valence-electron chi connectivity index (χ2n) is 3.29. The summed E-state index contributed by atoms with van der Waals surface area (Å²) in [6.45, 7) is 0. The van der Waals surface area contributed by atoms with E-state index in [2.05, 4.69) is 4.98 Å². The lowest BCUT2D eigenvalue weighted by Crippen LogP contribution is -2.23. The van der Waals surface area contributed by atoms with Gasteiger partial charge in [-0.1, -0.05) is 29.8 Å². The van der Waals surface area contributed by atoms with Crippen molar-refractivity contribution in [2.24, 2.45) is 0 Å². The monoisotopic (exact) mass is 248 g/mol. The first-order valence-corrected chi connectivity index (χ1v) is 5.26. The number of amides is 1. The highest BCUT2D eigenvalue weighted by Gasteiger charge is 2.16. The van der Waals surface area contributed by atoms with Crippen LogP contribution in [0.2, 0.25) is 5.15 Å². The summed E-state index contributed by atoms with van der Waals surface area (Å²) in [7, 11) is 0. The van der Waals surface area contributed by atoms with Crippen molar-refractivity contribution in [1.82, 2.24) is 4.98 Å². The van der Waals surface area contributed by atoms with Gasteiger partial charge in [0.2, 0.25) is 0 Å². The summed E-state index contributed by atoms with van der Waals surface area (Å²) in [4.78, 5) is 16.2. The molecule has 0 aliphatic heterocycles. The third-order valence-electron chi connectivity index (χ3n) is 2.17. The van der Waals surface area contributed by atoms with Crippen LogP contribution in [0.3, 0.4) is 0 Å². The van der Waals surface area contributed by atoms with Gasteiger partial charge in [0.05, 0.1) is 11.4 Å². The molecule has 2 rings (SSSR count). The summed E-state index contributed by atoms with van der Waals surface area (Å²) in [6, 6.07) is 11.9. The molecule has 1 N–H and O–H groups in total. The number of halogens is 1. The standard InChI is InChI=1S/C12H9ClN2O2/c13-11-8-10(6-7-14-11)15(12(16)17)9-4-2-1-3-5-9/h1-8H,(H,16,17). The molecule has 1 amide bonds. The number of para-hydroxylation sites is 1. The Morgan fingerprint density at radius 2 is 1.88 bits per heavy atom. The number of benzene rings is 1. The molecule has 0 aliphatic rings. The van der Waals surface area contributed by atoms with E-state index in [4.69, 9.17) is 11.6 Å². The van der Waals surface area contributed by atoms with Crippen molar-refractivity contribution in [2.75, 3.05) is 4.90 Å². The van der Waals surface area contributed by atoms with Crippen LogP contribution in [-0.2, 0) is 0 Å². The lowest BCUT2D eigenvalue weighted by atomic mass is 10.2. The van der Waals surface area contributed by atoms with Crippen LogP contribution in [0.25, 0.3) is 0 Å². The van der Waals surface area contributed by atoms with Gasteiger partial charge in [0.1, 0.15) is 5.15 Å². The number of carboxylic acid groups (broad SMARTS) is 1. The molecule has 2 aromatic rings. The van der Waals surface area contributed by atoms with Crippen molar-refractivity contribution in [3.05, 3.63) is 53.8 Å². The SMILES string of the molecule is O=C(O)N(c1ccccc1)c1ccnc(Cl)c1. The van der Waals surface area contributed by atoms with Crippen molar-refractivity contribution < 1.29 is 9.90 Å². The molecule has 1 aromatic carbocycles. The smallest absolute Gasteiger partial charge is 0.416 e. The van der Waals surface area contributed by atoms with Crippen molar-refractivity contribution in [3.8, 4) is 0 Å². The highest BCUT2D eigenvalue weighted by atomic mass is 35.5. The predicted molar refractivity (Wildman–Crippen MR) is 65.9 cm³/mol. The molecular weight excluding hydrogens is 240 g/mol. The molecule has 0 unspecified atom stereocenters. The van der Waals surface area contributed by atoms with Gasteiger partial charge < -0.3 is 5.11 Å². The number of pyridine rings is 1. The lowest BCUT2D eigenvalue weighted by molar-refractivity contribution is 0.205. The van der Waals surface area contributed by atoms with Gasteiger partial charge in [-0.25, -0.2) is 14.7 Å². The first kappa shape index (κ1) is 11.4. The summed E-state index contributed by atoms with van der Waals surface area (Å²) in [5.74, 6) is 0. The Bertz CT molecular complexity index is 531. The fourth-order valence-corrected chi connectivity index (χ4v) is 1.65. The van der Waals surface area contributed by atoms with Gasteiger partial charge in [0.25, 0.3) is 0 Å². The van der Waals surface area contributed by atoms with Crippen molar-refractivity contribution >= 4 is 29.1 Å². The molecule has 0 saturated heterocycles. The van der Waals surface area contributed by atoms with Crippen LogP contribution in [0, 0.1) is 0 Å². The van der Waals surface area contributed by atoms with E-state index in [-0.39, 0.29) is 5.15 Å². The van der Waals surface area contributed by atoms with Gasteiger partial charge in [0, 0.05) is 6.20 Å². The highest BCUT2D eigenvalue weighted by Crippen LogP contribution is 2.26. The average Bonchev–Trinajstić information content (AvgIpc) is 2.30. The molecule has 0 spiro atoms. The molecule has 0 bridgehead atoms. The van der Waals surface area contributed by atoms with Crippen molar-refractivity contribution in [3.63, 3.8) is 0 Å². The molecule has 0 radical (unpaired) electrons. The third-order valence-corrected chi connectivity index (χ3v) is 2.38. The van der Waals surface area contributed by atoms with Crippen LogP contribution in [0.5, 0.6) is 0 Å². The Hall–Kier alpha value is -2.07. The van der Waals surface area contributed by atoms with E-state index in [1.807, 2.05) is 6.07 Å². The third kappa shape index (κ3) is 2.54. The van der Waals surface area contributed by atoms with E-state index in [1.54, 1.807) is 30.3 Å². The largest absolute Gasteiger partial charge is 0.464 e. The molecule has 86 valence electrons. The first-order valence-electron chi connectivity index (χ1n) is 4.88. The van der Waals surface area contributed by atoms with E-state index in [0.29, 0.717) is 11.4 Å². The summed E-state index contributed by atoms with van der Waals surface area (Å²) < 4.78 is 0. The Kier molecular flexibility index (Phi) is 3.25. The van der Waals surface area contributed by atoms with Gasteiger partial charge in [0.15, 0.2) is 0 Å². The van der Waals surface area contributed by atoms with Crippen LogP contribution in [0.15, 0.2) is 48.7 Å². The fraction of sp³-hybridized carbons (Fsp3) is 0. The number of aromatic nitrogens is 1. The van der Waals surface area contributed by atoms with Crippen LogP contribution in [0.4, 0.5) is 16.2 Å². The van der Waals surface area contributed by atoms with Crippen LogP contribution < -0.4 is 4.90 Å². The molecular formula is C12H9ClN2O2.